The van der Waals surface area contributed by atoms with Crippen LogP contribution in [0, 0.1) is 20.2 Å². The molecule has 0 aliphatic heterocycles. The third-order valence-corrected chi connectivity index (χ3v) is 1.70. The Bertz CT molecular complexity index is 589. The summed E-state index contributed by atoms with van der Waals surface area (Å²) in [6.07, 6.45) is 1.16. The van der Waals surface area contributed by atoms with E-state index >= 15 is 0 Å². The molecule has 0 fully saturated rings. The van der Waals surface area contributed by atoms with Crippen molar-refractivity contribution in [2.75, 3.05) is 0 Å². The number of aromatic nitrogens is 5. The van der Waals surface area contributed by atoms with Gasteiger partial charge in [0.15, 0.2) is 5.16 Å². The Labute approximate surface area is 96.2 Å². The summed E-state index contributed by atoms with van der Waals surface area (Å²) in [6, 6.07) is 0. The molecule has 2 heterocycles. The van der Waals surface area contributed by atoms with Crippen molar-refractivity contribution in [1.29, 1.82) is 0 Å². The molecular weight excluding hydrogens is 254 g/mol. The lowest BCUT2D eigenvalue weighted by Crippen LogP contribution is -2.01. The van der Waals surface area contributed by atoms with Gasteiger partial charge in [0.25, 0.3) is 5.09 Å². The number of rotatable bonds is 5. The normalized spacial score (nSPS) is 10.2. The predicted molar refractivity (Wildman–Crippen MR) is 47.7 cm³/mol. The Morgan fingerprint density at radius 2 is 2.17 bits per heavy atom. The molecule has 13 nitrogen and oxygen atoms in total. The van der Waals surface area contributed by atoms with Crippen molar-refractivity contribution in [2.45, 2.75) is 6.61 Å². The van der Waals surface area contributed by atoms with Crippen LogP contribution in [0.2, 0.25) is 0 Å². The summed E-state index contributed by atoms with van der Waals surface area (Å²) in [5.74, 6) is -0.943. The standard InChI is InChI=1S/C5H3N7O6/c13-11(14)5-4(7-18-8-5)10-1-3(6-9-10)2-17-12(15)16/h1H,2H2. The topological polar surface area (TPSA) is 165 Å². The molecule has 13 heteroatoms. The van der Waals surface area contributed by atoms with Gasteiger partial charge in [-0.2, -0.15) is 4.68 Å². The van der Waals surface area contributed by atoms with Crippen LogP contribution in [0.3, 0.4) is 0 Å². The van der Waals surface area contributed by atoms with Crippen LogP contribution < -0.4 is 0 Å². The minimum atomic E-state index is -1.00. The van der Waals surface area contributed by atoms with Gasteiger partial charge in [-0.1, -0.05) is 5.21 Å². The summed E-state index contributed by atoms with van der Waals surface area (Å²) in [5, 5.41) is 32.8. The van der Waals surface area contributed by atoms with Gasteiger partial charge in [0.2, 0.25) is 0 Å². The maximum Gasteiger partial charge on any atom is 0.461 e. The number of hydrogen-bond acceptors (Lipinski definition) is 10. The maximum atomic E-state index is 10.5. The highest BCUT2D eigenvalue weighted by atomic mass is 16.9. The Hall–Kier alpha value is -3.12. The van der Waals surface area contributed by atoms with Gasteiger partial charge in [0.1, 0.15) is 12.3 Å². The zero-order chi connectivity index (χ0) is 13.1. The van der Waals surface area contributed by atoms with E-state index in [1.807, 2.05) is 0 Å². The number of nitro groups is 1. The zero-order valence-corrected chi connectivity index (χ0v) is 8.36. The van der Waals surface area contributed by atoms with Crippen molar-refractivity contribution in [3.8, 4) is 5.82 Å². The summed E-state index contributed by atoms with van der Waals surface area (Å²) >= 11 is 0. The molecule has 0 aliphatic carbocycles. The van der Waals surface area contributed by atoms with E-state index in [4.69, 9.17) is 0 Å². The molecule has 0 aliphatic rings. The zero-order valence-electron chi connectivity index (χ0n) is 8.36. The van der Waals surface area contributed by atoms with Gasteiger partial charge in [-0.3, -0.25) is 0 Å². The first-order chi connectivity index (χ1) is 8.58. The average molecular weight is 257 g/mol. The van der Waals surface area contributed by atoms with Crippen LogP contribution >= 0.6 is 0 Å². The van der Waals surface area contributed by atoms with Crippen LogP contribution in [0.4, 0.5) is 5.82 Å². The SMILES string of the molecule is O=[N+]([O-])OCc1cn(-c2nonc2[N+](=O)[O-])nn1. The Morgan fingerprint density at radius 3 is 2.83 bits per heavy atom. The van der Waals surface area contributed by atoms with E-state index < -0.39 is 22.4 Å². The van der Waals surface area contributed by atoms with Gasteiger partial charge in [-0.05, 0) is 4.92 Å². The maximum absolute atomic E-state index is 10.5. The van der Waals surface area contributed by atoms with E-state index in [1.165, 1.54) is 0 Å². The third-order valence-electron chi connectivity index (χ3n) is 1.70. The summed E-state index contributed by atoms with van der Waals surface area (Å²) < 4.78 is 5.10. The molecule has 0 unspecified atom stereocenters. The molecule has 0 spiro atoms. The van der Waals surface area contributed by atoms with E-state index in [0.717, 1.165) is 10.9 Å². The molecule has 0 saturated heterocycles. The molecule has 0 aromatic carbocycles. The van der Waals surface area contributed by atoms with E-state index in [1.54, 1.807) is 0 Å². The van der Waals surface area contributed by atoms with Gasteiger partial charge in [0.05, 0.1) is 6.20 Å². The fourth-order valence-electron chi connectivity index (χ4n) is 1.03. The van der Waals surface area contributed by atoms with E-state index in [9.17, 15) is 20.2 Å². The molecule has 2 rings (SSSR count). The Morgan fingerprint density at radius 1 is 1.39 bits per heavy atom. The van der Waals surface area contributed by atoms with E-state index in [2.05, 4.69) is 30.1 Å². The summed E-state index contributed by atoms with van der Waals surface area (Å²) in [7, 11) is 0. The van der Waals surface area contributed by atoms with Gasteiger partial charge in [-0.25, -0.2) is 0 Å². The highest BCUT2D eigenvalue weighted by Gasteiger charge is 2.25. The van der Waals surface area contributed by atoms with Crippen LogP contribution in [0.5, 0.6) is 0 Å². The summed E-state index contributed by atoms with van der Waals surface area (Å²) in [6.45, 7) is -0.438. The van der Waals surface area contributed by atoms with Crippen molar-refractivity contribution in [2.24, 2.45) is 0 Å². The van der Waals surface area contributed by atoms with Gasteiger partial charge in [-0.15, -0.1) is 19.8 Å². The number of hydrogen-bond donors (Lipinski definition) is 0. The van der Waals surface area contributed by atoms with Crippen LogP contribution in [-0.2, 0) is 11.4 Å². The van der Waals surface area contributed by atoms with Gasteiger partial charge < -0.3 is 15.0 Å². The van der Waals surface area contributed by atoms with Crippen molar-refractivity contribution >= 4 is 5.82 Å². The van der Waals surface area contributed by atoms with Gasteiger partial charge in [0, 0.05) is 5.16 Å². The van der Waals surface area contributed by atoms with Crippen molar-refractivity contribution in [1.82, 2.24) is 25.3 Å². The van der Waals surface area contributed by atoms with E-state index in [-0.39, 0.29) is 11.5 Å². The van der Waals surface area contributed by atoms with Crippen molar-refractivity contribution in [3.05, 3.63) is 32.1 Å². The molecule has 0 amide bonds. The van der Waals surface area contributed by atoms with Crippen LogP contribution in [0.15, 0.2) is 10.8 Å². The fraction of sp³-hybridized carbons (Fsp3) is 0.200. The van der Waals surface area contributed by atoms with Crippen LogP contribution in [-0.4, -0.2) is 35.3 Å². The smallest absolute Gasteiger partial charge is 0.358 e. The first-order valence-corrected chi connectivity index (χ1v) is 4.24. The molecule has 0 saturated carbocycles. The second-order valence-electron chi connectivity index (χ2n) is 2.82. The lowest BCUT2D eigenvalue weighted by Gasteiger charge is -1.92. The fourth-order valence-corrected chi connectivity index (χ4v) is 1.03. The summed E-state index contributed by atoms with van der Waals surface area (Å²) in [4.78, 5) is 23.7. The Kier molecular flexibility index (Phi) is 2.78. The molecule has 0 atom stereocenters. The predicted octanol–water partition coefficient (Wildman–Crippen LogP) is -0.733. The van der Waals surface area contributed by atoms with Crippen molar-refractivity contribution < 1.29 is 19.5 Å². The first-order valence-electron chi connectivity index (χ1n) is 4.24. The highest BCUT2D eigenvalue weighted by Crippen LogP contribution is 2.16. The second kappa shape index (κ2) is 4.40. The molecule has 18 heavy (non-hydrogen) atoms. The molecule has 2 aromatic rings. The average Bonchev–Trinajstić information content (AvgIpc) is 2.94. The molecule has 0 N–H and O–H groups in total. The van der Waals surface area contributed by atoms with Crippen LogP contribution in [0.25, 0.3) is 5.82 Å². The van der Waals surface area contributed by atoms with Gasteiger partial charge >= 0.3 is 11.6 Å². The molecule has 2 aromatic heterocycles. The first kappa shape index (κ1) is 11.4. The third kappa shape index (κ3) is 2.18. The minimum Gasteiger partial charge on any atom is -0.358 e. The molecule has 94 valence electrons. The quantitative estimate of drug-likeness (QED) is 0.491. The van der Waals surface area contributed by atoms with E-state index in [0.29, 0.717) is 0 Å². The lowest BCUT2D eigenvalue weighted by molar-refractivity contribution is -0.763. The second-order valence-corrected chi connectivity index (χ2v) is 2.82. The van der Waals surface area contributed by atoms with Crippen LogP contribution in [0.1, 0.15) is 5.69 Å². The summed E-state index contributed by atoms with van der Waals surface area (Å²) in [5.41, 5.74) is 0.0870. The molecule has 0 bridgehead atoms. The lowest BCUT2D eigenvalue weighted by atomic mass is 10.5. The Balaban J connectivity index is 2.21. The molecule has 0 radical (unpaired) electrons. The highest BCUT2D eigenvalue weighted by molar-refractivity contribution is 5.36. The van der Waals surface area contributed by atoms with Crippen molar-refractivity contribution in [3.63, 3.8) is 0 Å². The largest absolute Gasteiger partial charge is 0.461 e. The number of nitrogens with zero attached hydrogens (tertiary/aromatic N) is 7. The minimum absolute atomic E-state index is 0.0870. The molecular formula is C5H3N7O6. The monoisotopic (exact) mass is 257 g/mol.